The first kappa shape index (κ1) is 34.6. The lowest BCUT2D eigenvalue weighted by atomic mass is 9.86. The van der Waals surface area contributed by atoms with Crippen LogP contribution in [-0.4, -0.2) is 36.2 Å². The fraction of sp³-hybridized carbons (Fsp3) is 0.114. The predicted molar refractivity (Wildman–Crippen MR) is 213 cm³/mol. The largest absolute Gasteiger partial charge is 0.340 e. The number of fused-ring (bicyclic) bond motifs is 2. The Hall–Kier alpha value is -6.87. The number of carbonyl (C=O) groups is 1. The van der Waals surface area contributed by atoms with Crippen LogP contribution in [-0.2, 0) is 16.6 Å². The lowest BCUT2D eigenvalue weighted by molar-refractivity contribution is -0.107. The van der Waals surface area contributed by atoms with Crippen molar-refractivity contribution in [3.63, 3.8) is 0 Å². The number of nitrogens with one attached hydrogen (secondary N) is 2. The fourth-order valence-electron chi connectivity index (χ4n) is 5.95. The van der Waals surface area contributed by atoms with Gasteiger partial charge in [-0.25, -0.2) is 19.9 Å². The second-order valence-corrected chi connectivity index (χ2v) is 13.5. The van der Waals surface area contributed by atoms with Crippen molar-refractivity contribution < 1.29 is 4.79 Å². The summed E-state index contributed by atoms with van der Waals surface area (Å²) in [7, 11) is 0. The number of nitrogens with zero attached hydrogens (tertiary/aromatic N) is 6. The van der Waals surface area contributed by atoms with Gasteiger partial charge in [-0.15, -0.1) is 0 Å². The number of rotatable bonds is 8. The number of aldehydes is 1. The molecule has 0 saturated heterocycles. The lowest BCUT2D eigenvalue weighted by Crippen LogP contribution is -2.10. The van der Waals surface area contributed by atoms with Crippen LogP contribution in [0.4, 0.5) is 23.0 Å². The maximum atomic E-state index is 10.6. The summed E-state index contributed by atoms with van der Waals surface area (Å²) in [4.78, 5) is 36.5. The molecule has 0 amide bonds. The average Bonchev–Trinajstić information content (AvgIpc) is 3.19. The van der Waals surface area contributed by atoms with Gasteiger partial charge in [-0.1, -0.05) is 93.6 Å². The molecule has 9 nitrogen and oxygen atoms in total. The Morgan fingerprint density at radius 3 is 1.55 bits per heavy atom. The first-order valence-corrected chi connectivity index (χ1v) is 17.3. The maximum Gasteiger partial charge on any atom is 0.134 e. The molecule has 0 saturated carbocycles. The van der Waals surface area contributed by atoms with Crippen molar-refractivity contribution in [2.24, 2.45) is 0 Å². The highest BCUT2D eigenvalue weighted by atomic mass is 16.1. The SMILES string of the molecule is CC(C)(C)c1ccc(-c2cc(Nc3cccc4cnccc34)ncn2)cc1.O=CCc1ccc(-c2cc(Nc3cccc4cnccc34)ncn2)cc1. The lowest BCUT2D eigenvalue weighted by Gasteiger charge is -2.19. The van der Waals surface area contributed by atoms with Gasteiger partial charge < -0.3 is 15.4 Å². The number of anilines is 4. The third-order valence-electron chi connectivity index (χ3n) is 8.84. The monoisotopic (exact) mass is 694 g/mol. The van der Waals surface area contributed by atoms with Crippen molar-refractivity contribution in [2.75, 3.05) is 10.6 Å². The standard InChI is InChI=1S/C23H22N4.C21H16N4O/c1-23(2,3)18-9-7-16(8-10-18)21-13-22(26-15-25-21)27-20-6-4-5-17-14-24-12-11-19(17)20;26-11-9-15-4-6-16(7-5-15)20-12-21(24-14-23-20)25-19-3-1-2-17-13-22-10-8-18(17)19/h4-15H,1-3H3,(H,25,26,27);1-8,10-14H,9H2,(H,23,24,25). The van der Waals surface area contributed by atoms with Crippen molar-refractivity contribution in [2.45, 2.75) is 32.6 Å². The van der Waals surface area contributed by atoms with Crippen LogP contribution in [0.1, 0.15) is 31.9 Å². The van der Waals surface area contributed by atoms with E-state index in [1.165, 1.54) is 5.56 Å². The quantitative estimate of drug-likeness (QED) is 0.150. The van der Waals surface area contributed by atoms with Gasteiger partial charge in [0.25, 0.3) is 0 Å². The molecule has 4 aromatic carbocycles. The van der Waals surface area contributed by atoms with E-state index in [4.69, 9.17) is 0 Å². The molecular weight excluding hydrogens is 657 g/mol. The molecule has 8 rings (SSSR count). The number of pyridine rings is 2. The first-order chi connectivity index (χ1) is 25.8. The Balaban J connectivity index is 0.000000164. The molecule has 2 N–H and O–H groups in total. The zero-order chi connectivity index (χ0) is 36.6. The van der Waals surface area contributed by atoms with E-state index in [0.717, 1.165) is 78.9 Å². The minimum Gasteiger partial charge on any atom is -0.340 e. The van der Waals surface area contributed by atoms with Crippen LogP contribution in [0.2, 0.25) is 0 Å². The minimum atomic E-state index is 0.139. The van der Waals surface area contributed by atoms with Gasteiger partial charge in [0.2, 0.25) is 0 Å². The van der Waals surface area contributed by atoms with Crippen molar-refractivity contribution >= 4 is 50.8 Å². The molecule has 53 heavy (non-hydrogen) atoms. The summed E-state index contributed by atoms with van der Waals surface area (Å²) in [5, 5.41) is 11.1. The third-order valence-corrected chi connectivity index (χ3v) is 8.84. The summed E-state index contributed by atoms with van der Waals surface area (Å²) in [5.41, 5.74) is 8.18. The van der Waals surface area contributed by atoms with E-state index in [9.17, 15) is 4.79 Å². The zero-order valence-corrected chi connectivity index (χ0v) is 29.7. The van der Waals surface area contributed by atoms with Crippen molar-refractivity contribution in [1.29, 1.82) is 0 Å². The van der Waals surface area contributed by atoms with Crippen molar-refractivity contribution in [1.82, 2.24) is 29.9 Å². The van der Waals surface area contributed by atoms with Gasteiger partial charge in [0.1, 0.15) is 30.6 Å². The maximum absolute atomic E-state index is 10.6. The zero-order valence-electron chi connectivity index (χ0n) is 29.7. The molecule has 0 aliphatic carbocycles. The second kappa shape index (κ2) is 15.6. The number of benzene rings is 4. The molecule has 4 heterocycles. The molecule has 0 aliphatic heterocycles. The van der Waals surface area contributed by atoms with Crippen LogP contribution in [0.5, 0.6) is 0 Å². The van der Waals surface area contributed by atoms with Crippen LogP contribution >= 0.6 is 0 Å². The van der Waals surface area contributed by atoms with Gasteiger partial charge in [-0.05, 0) is 40.8 Å². The average molecular weight is 695 g/mol. The molecule has 0 aliphatic rings. The van der Waals surface area contributed by atoms with E-state index in [-0.39, 0.29) is 5.41 Å². The molecular formula is C44H38N8O. The van der Waals surface area contributed by atoms with Crippen LogP contribution < -0.4 is 10.6 Å². The van der Waals surface area contributed by atoms with Gasteiger partial charge in [-0.2, -0.15) is 0 Å². The summed E-state index contributed by atoms with van der Waals surface area (Å²) in [6.07, 6.45) is 11.8. The molecule has 0 atom stereocenters. The van der Waals surface area contributed by atoms with E-state index in [2.05, 4.69) is 91.6 Å². The highest BCUT2D eigenvalue weighted by Crippen LogP contribution is 2.29. The van der Waals surface area contributed by atoms with E-state index in [1.807, 2.05) is 91.3 Å². The highest BCUT2D eigenvalue weighted by molar-refractivity contribution is 5.95. The summed E-state index contributed by atoms with van der Waals surface area (Å²) >= 11 is 0. The van der Waals surface area contributed by atoms with E-state index < -0.39 is 0 Å². The molecule has 0 unspecified atom stereocenters. The van der Waals surface area contributed by atoms with Crippen LogP contribution in [0, 0.1) is 0 Å². The van der Waals surface area contributed by atoms with Crippen molar-refractivity contribution in [3.05, 3.63) is 158 Å². The van der Waals surface area contributed by atoms with Crippen LogP contribution in [0.15, 0.2) is 147 Å². The minimum absolute atomic E-state index is 0.139. The van der Waals surface area contributed by atoms with Gasteiger partial charge >= 0.3 is 0 Å². The second-order valence-electron chi connectivity index (χ2n) is 13.5. The molecule has 0 spiro atoms. The summed E-state index contributed by atoms with van der Waals surface area (Å²) < 4.78 is 0. The van der Waals surface area contributed by atoms with E-state index in [1.54, 1.807) is 25.0 Å². The number of carbonyl (C=O) groups excluding carboxylic acids is 1. The number of aromatic nitrogens is 6. The Morgan fingerprint density at radius 1 is 0.585 bits per heavy atom. The number of hydrogen-bond donors (Lipinski definition) is 2. The molecule has 260 valence electrons. The van der Waals surface area contributed by atoms with E-state index in [0.29, 0.717) is 6.42 Å². The topological polar surface area (TPSA) is 118 Å². The van der Waals surface area contributed by atoms with Crippen LogP contribution in [0.3, 0.4) is 0 Å². The van der Waals surface area contributed by atoms with Gasteiger partial charge in [0, 0.05) is 87.4 Å². The van der Waals surface area contributed by atoms with Gasteiger partial charge in [-0.3, -0.25) is 9.97 Å². The smallest absolute Gasteiger partial charge is 0.134 e. The fourth-order valence-corrected chi connectivity index (χ4v) is 5.95. The molecule has 8 aromatic rings. The van der Waals surface area contributed by atoms with Gasteiger partial charge in [0.15, 0.2) is 0 Å². The first-order valence-electron chi connectivity index (χ1n) is 17.3. The molecule has 0 bridgehead atoms. The Labute approximate surface area is 308 Å². The van der Waals surface area contributed by atoms with E-state index >= 15 is 0 Å². The Morgan fingerprint density at radius 2 is 1.08 bits per heavy atom. The summed E-state index contributed by atoms with van der Waals surface area (Å²) in [6.45, 7) is 6.65. The van der Waals surface area contributed by atoms with Crippen molar-refractivity contribution in [3.8, 4) is 22.5 Å². The molecule has 0 fully saturated rings. The predicted octanol–water partition coefficient (Wildman–Crippen LogP) is 9.91. The van der Waals surface area contributed by atoms with Gasteiger partial charge in [0.05, 0.1) is 11.4 Å². The number of hydrogen-bond acceptors (Lipinski definition) is 9. The normalized spacial score (nSPS) is 11.1. The molecule has 4 aromatic heterocycles. The van der Waals surface area contributed by atoms with Crippen LogP contribution in [0.25, 0.3) is 44.1 Å². The highest BCUT2D eigenvalue weighted by Gasteiger charge is 2.14. The molecule has 9 heteroatoms. The Bertz CT molecular complexity index is 2480. The third kappa shape index (κ3) is 8.37. The summed E-state index contributed by atoms with van der Waals surface area (Å²) in [6, 6.07) is 36.4. The Kier molecular flexibility index (Phi) is 10.2. The molecule has 0 radical (unpaired) electrons. The summed E-state index contributed by atoms with van der Waals surface area (Å²) in [5.74, 6) is 1.49.